The predicted molar refractivity (Wildman–Crippen MR) is 48.3 cm³/mol. The van der Waals surface area contributed by atoms with E-state index in [1.54, 1.807) is 0 Å². The average Bonchev–Trinajstić information content (AvgIpc) is 2.16. The molecule has 1 aromatic rings. The molecular formula is C8H7BrF3NO. The SMILES string of the molecule is COc1ncc(CBr)c(C(F)F)c1F. The average molecular weight is 270 g/mol. The predicted octanol–water partition coefficient (Wildman–Crippen LogP) is 3.06. The molecule has 0 bridgehead atoms. The zero-order chi connectivity index (χ0) is 10.7. The Kier molecular flexibility index (Phi) is 3.74. The van der Waals surface area contributed by atoms with Gasteiger partial charge >= 0.3 is 0 Å². The summed E-state index contributed by atoms with van der Waals surface area (Å²) in [7, 11) is 1.18. The fraction of sp³-hybridized carbons (Fsp3) is 0.375. The molecule has 2 nitrogen and oxygen atoms in total. The van der Waals surface area contributed by atoms with E-state index in [9.17, 15) is 13.2 Å². The van der Waals surface area contributed by atoms with E-state index in [4.69, 9.17) is 0 Å². The quantitative estimate of drug-likeness (QED) is 0.787. The van der Waals surface area contributed by atoms with Crippen molar-refractivity contribution < 1.29 is 17.9 Å². The van der Waals surface area contributed by atoms with E-state index in [-0.39, 0.29) is 10.9 Å². The van der Waals surface area contributed by atoms with Crippen LogP contribution in [-0.2, 0) is 5.33 Å². The molecule has 1 aromatic heterocycles. The maximum atomic E-state index is 13.3. The van der Waals surface area contributed by atoms with Crippen molar-refractivity contribution in [1.29, 1.82) is 0 Å². The molecule has 1 heterocycles. The van der Waals surface area contributed by atoms with Gasteiger partial charge in [0.25, 0.3) is 12.3 Å². The maximum Gasteiger partial charge on any atom is 0.267 e. The van der Waals surface area contributed by atoms with Crippen LogP contribution in [0.2, 0.25) is 0 Å². The van der Waals surface area contributed by atoms with E-state index < -0.39 is 23.7 Å². The summed E-state index contributed by atoms with van der Waals surface area (Å²) in [6.45, 7) is 0. The second kappa shape index (κ2) is 4.63. The van der Waals surface area contributed by atoms with Gasteiger partial charge in [-0.1, -0.05) is 15.9 Å². The lowest BCUT2D eigenvalue weighted by Gasteiger charge is -2.09. The standard InChI is InChI=1S/C8H7BrF3NO/c1-14-8-6(10)5(7(11)12)4(2-9)3-13-8/h3,7H,2H2,1H3. The zero-order valence-electron chi connectivity index (χ0n) is 7.23. The van der Waals surface area contributed by atoms with Crippen molar-refractivity contribution in [3.63, 3.8) is 0 Å². The molecule has 0 saturated carbocycles. The van der Waals surface area contributed by atoms with Crippen LogP contribution in [0, 0.1) is 5.82 Å². The van der Waals surface area contributed by atoms with Crippen LogP contribution in [0.3, 0.4) is 0 Å². The summed E-state index contributed by atoms with van der Waals surface area (Å²) in [4.78, 5) is 3.55. The van der Waals surface area contributed by atoms with Crippen LogP contribution in [0.25, 0.3) is 0 Å². The van der Waals surface area contributed by atoms with Gasteiger partial charge in [0.15, 0.2) is 5.82 Å². The molecule has 1 rings (SSSR count). The lowest BCUT2D eigenvalue weighted by atomic mass is 10.1. The summed E-state index contributed by atoms with van der Waals surface area (Å²) in [5, 5.41) is 0.126. The Morgan fingerprint density at radius 1 is 1.57 bits per heavy atom. The van der Waals surface area contributed by atoms with Crippen molar-refractivity contribution >= 4 is 15.9 Å². The minimum Gasteiger partial charge on any atom is -0.479 e. The van der Waals surface area contributed by atoms with Gasteiger partial charge in [0.1, 0.15) is 0 Å². The monoisotopic (exact) mass is 269 g/mol. The van der Waals surface area contributed by atoms with Crippen LogP contribution in [0.15, 0.2) is 6.20 Å². The fourth-order valence-corrected chi connectivity index (χ4v) is 1.45. The Labute approximate surface area is 87.2 Å². The van der Waals surface area contributed by atoms with Crippen LogP contribution in [0.5, 0.6) is 5.88 Å². The molecule has 0 aliphatic rings. The van der Waals surface area contributed by atoms with Gasteiger partial charge in [0.2, 0.25) is 0 Å². The Hall–Kier alpha value is -0.780. The van der Waals surface area contributed by atoms with E-state index in [1.807, 2.05) is 0 Å². The summed E-state index contributed by atoms with van der Waals surface area (Å²) >= 11 is 2.98. The van der Waals surface area contributed by atoms with Gasteiger partial charge in [0, 0.05) is 11.5 Å². The summed E-state index contributed by atoms with van der Waals surface area (Å²) in [5.74, 6) is -1.51. The lowest BCUT2D eigenvalue weighted by Crippen LogP contribution is -2.02. The van der Waals surface area contributed by atoms with E-state index in [0.717, 1.165) is 6.20 Å². The van der Waals surface area contributed by atoms with Crippen LogP contribution in [-0.4, -0.2) is 12.1 Å². The number of ether oxygens (including phenoxy) is 1. The van der Waals surface area contributed by atoms with Gasteiger partial charge in [-0.25, -0.2) is 18.2 Å². The number of nitrogens with zero attached hydrogens (tertiary/aromatic N) is 1. The second-order valence-electron chi connectivity index (χ2n) is 2.45. The number of halogens is 4. The number of alkyl halides is 3. The normalized spacial score (nSPS) is 10.7. The third-order valence-corrected chi connectivity index (χ3v) is 2.27. The summed E-state index contributed by atoms with van der Waals surface area (Å²) in [5.41, 5.74) is -0.535. The van der Waals surface area contributed by atoms with Crippen molar-refractivity contribution in [3.05, 3.63) is 23.1 Å². The summed E-state index contributed by atoms with van der Waals surface area (Å²) in [6.07, 6.45) is -1.71. The van der Waals surface area contributed by atoms with E-state index in [1.165, 1.54) is 7.11 Å². The Morgan fingerprint density at radius 3 is 2.64 bits per heavy atom. The van der Waals surface area contributed by atoms with Crippen LogP contribution in [0.4, 0.5) is 13.2 Å². The van der Waals surface area contributed by atoms with Crippen molar-refractivity contribution in [1.82, 2.24) is 4.98 Å². The molecule has 0 radical (unpaired) electrons. The Morgan fingerprint density at radius 2 is 2.21 bits per heavy atom. The zero-order valence-corrected chi connectivity index (χ0v) is 8.82. The third-order valence-electron chi connectivity index (χ3n) is 1.66. The number of hydrogen-bond acceptors (Lipinski definition) is 2. The molecule has 0 saturated heterocycles. The van der Waals surface area contributed by atoms with Crippen molar-refractivity contribution in [2.45, 2.75) is 11.8 Å². The van der Waals surface area contributed by atoms with Crippen molar-refractivity contribution in [2.24, 2.45) is 0 Å². The highest BCUT2D eigenvalue weighted by atomic mass is 79.9. The van der Waals surface area contributed by atoms with Crippen molar-refractivity contribution in [3.8, 4) is 5.88 Å². The van der Waals surface area contributed by atoms with Gasteiger partial charge in [-0.3, -0.25) is 0 Å². The van der Waals surface area contributed by atoms with Crippen LogP contribution >= 0.6 is 15.9 Å². The molecule has 6 heteroatoms. The first-order valence-electron chi connectivity index (χ1n) is 3.67. The number of hydrogen-bond donors (Lipinski definition) is 0. The van der Waals surface area contributed by atoms with Crippen molar-refractivity contribution in [2.75, 3.05) is 7.11 Å². The van der Waals surface area contributed by atoms with Gasteiger partial charge in [0.05, 0.1) is 12.7 Å². The molecule has 0 amide bonds. The number of methoxy groups -OCH3 is 1. The second-order valence-corrected chi connectivity index (χ2v) is 3.02. The van der Waals surface area contributed by atoms with E-state index in [0.29, 0.717) is 0 Å². The summed E-state index contributed by atoms with van der Waals surface area (Å²) in [6, 6.07) is 0. The molecule has 0 aliphatic heterocycles. The molecule has 0 unspecified atom stereocenters. The summed E-state index contributed by atoms with van der Waals surface area (Å²) < 4.78 is 42.7. The minimum absolute atomic E-state index is 0.123. The molecule has 0 spiro atoms. The molecule has 0 aliphatic carbocycles. The Balaban J connectivity index is 3.31. The molecule has 0 aromatic carbocycles. The molecule has 0 atom stereocenters. The number of aromatic nitrogens is 1. The maximum absolute atomic E-state index is 13.3. The first kappa shape index (κ1) is 11.3. The van der Waals surface area contributed by atoms with Gasteiger partial charge in [-0.05, 0) is 5.56 Å². The van der Waals surface area contributed by atoms with E-state index in [2.05, 4.69) is 25.7 Å². The lowest BCUT2D eigenvalue weighted by molar-refractivity contribution is 0.144. The highest BCUT2D eigenvalue weighted by Gasteiger charge is 2.22. The first-order chi connectivity index (χ1) is 6.61. The van der Waals surface area contributed by atoms with Crippen LogP contribution in [0.1, 0.15) is 17.6 Å². The third kappa shape index (κ3) is 2.00. The van der Waals surface area contributed by atoms with Crippen LogP contribution < -0.4 is 4.74 Å². The van der Waals surface area contributed by atoms with Gasteiger partial charge < -0.3 is 4.74 Å². The molecule has 0 fully saturated rings. The largest absolute Gasteiger partial charge is 0.479 e. The Bertz CT molecular complexity index is 333. The molecule has 78 valence electrons. The van der Waals surface area contributed by atoms with Gasteiger partial charge in [-0.15, -0.1) is 0 Å². The molecule has 0 N–H and O–H groups in total. The smallest absolute Gasteiger partial charge is 0.267 e. The molecule has 14 heavy (non-hydrogen) atoms. The van der Waals surface area contributed by atoms with Gasteiger partial charge in [-0.2, -0.15) is 0 Å². The van der Waals surface area contributed by atoms with E-state index >= 15 is 0 Å². The highest BCUT2D eigenvalue weighted by molar-refractivity contribution is 9.08. The minimum atomic E-state index is -2.88. The number of pyridine rings is 1. The first-order valence-corrected chi connectivity index (χ1v) is 4.79. The fourth-order valence-electron chi connectivity index (χ4n) is 1.00. The topological polar surface area (TPSA) is 22.1 Å². The molecular weight excluding hydrogens is 263 g/mol. The highest BCUT2D eigenvalue weighted by Crippen LogP contribution is 2.30. The number of rotatable bonds is 3.